The van der Waals surface area contributed by atoms with E-state index in [1.54, 1.807) is 0 Å². The van der Waals surface area contributed by atoms with Crippen LogP contribution >= 0.6 is 0 Å². The van der Waals surface area contributed by atoms with Gasteiger partial charge in [-0.05, 0) is 64.8 Å². The highest BCUT2D eigenvalue weighted by atomic mass is 15.8. The Labute approximate surface area is 198 Å². The molecule has 0 amide bonds. The average Bonchev–Trinajstić information content (AvgIpc) is 3.49. The van der Waals surface area contributed by atoms with Crippen molar-refractivity contribution in [3.8, 4) is 0 Å². The van der Waals surface area contributed by atoms with Gasteiger partial charge in [-0.25, -0.2) is 10.0 Å². The monoisotopic (exact) mass is 455 g/mol. The van der Waals surface area contributed by atoms with Crippen LogP contribution in [0.5, 0.6) is 0 Å². The number of benzene rings is 1. The van der Waals surface area contributed by atoms with Gasteiger partial charge >= 0.3 is 0 Å². The van der Waals surface area contributed by atoms with Crippen molar-refractivity contribution in [2.45, 2.75) is 72.0 Å². The van der Waals surface area contributed by atoms with Crippen molar-refractivity contribution in [3.63, 3.8) is 0 Å². The Morgan fingerprint density at radius 2 is 1.18 bits per heavy atom. The molecule has 4 unspecified atom stereocenters. The zero-order valence-electron chi connectivity index (χ0n) is 20.4. The van der Waals surface area contributed by atoms with Crippen LogP contribution in [0, 0.1) is 13.8 Å². The molecule has 0 spiro atoms. The van der Waals surface area contributed by atoms with E-state index in [1.807, 2.05) is 14.7 Å². The van der Waals surface area contributed by atoms with E-state index in [4.69, 9.17) is 0 Å². The summed E-state index contributed by atoms with van der Waals surface area (Å²) in [5.74, 6) is 0. The summed E-state index contributed by atoms with van der Waals surface area (Å²) in [5.41, 5.74) is 9.13. The molecule has 174 valence electrons. The van der Waals surface area contributed by atoms with Crippen LogP contribution in [0.25, 0.3) is 11.0 Å². The van der Waals surface area contributed by atoms with Crippen molar-refractivity contribution in [3.05, 3.63) is 69.9 Å². The predicted molar refractivity (Wildman–Crippen MR) is 130 cm³/mol. The van der Waals surface area contributed by atoms with Crippen molar-refractivity contribution in [1.82, 2.24) is 25.0 Å². The van der Waals surface area contributed by atoms with E-state index in [0.29, 0.717) is 0 Å². The molecule has 34 heavy (non-hydrogen) atoms. The summed E-state index contributed by atoms with van der Waals surface area (Å²) in [6.07, 6.45) is 8.42. The molecule has 9 nitrogen and oxygen atoms in total. The molecule has 2 aliphatic heterocycles. The van der Waals surface area contributed by atoms with Crippen molar-refractivity contribution >= 4 is 11.0 Å². The van der Waals surface area contributed by atoms with E-state index in [1.165, 1.54) is 33.4 Å². The third kappa shape index (κ3) is 3.06. The van der Waals surface area contributed by atoms with E-state index in [9.17, 15) is 0 Å². The quantitative estimate of drug-likeness (QED) is 0.640. The van der Waals surface area contributed by atoms with Gasteiger partial charge in [-0.3, -0.25) is 0 Å². The Morgan fingerprint density at radius 3 is 1.74 bits per heavy atom. The van der Waals surface area contributed by atoms with Gasteiger partial charge in [0.15, 0.2) is 0 Å². The second-order valence-electron chi connectivity index (χ2n) is 9.84. The molecule has 0 saturated carbocycles. The summed E-state index contributed by atoms with van der Waals surface area (Å²) in [7, 11) is 0. The summed E-state index contributed by atoms with van der Waals surface area (Å²) >= 11 is 0. The summed E-state index contributed by atoms with van der Waals surface area (Å²) in [5, 5.41) is 31.7. The lowest BCUT2D eigenvalue weighted by Crippen LogP contribution is -2.49. The molecule has 0 radical (unpaired) electrons. The number of rotatable bonds is 3. The molecular weight excluding hydrogens is 426 g/mol. The van der Waals surface area contributed by atoms with Crippen LogP contribution < -0.4 is 0 Å². The maximum absolute atomic E-state index is 4.67. The molecule has 2 aliphatic carbocycles. The first-order chi connectivity index (χ1) is 16.3. The Kier molecular flexibility index (Phi) is 4.59. The SMILES string of the molecule is CC1=CC2N=NN(C(N3N=NC4C=C(C)C(C)=CC43)n3nnc4cc(C)c(C)cc43)C2C=C1C. The second-order valence-corrected chi connectivity index (χ2v) is 9.84. The third-order valence-corrected chi connectivity index (χ3v) is 7.59. The van der Waals surface area contributed by atoms with Gasteiger partial charge in [0.05, 0.1) is 17.6 Å². The normalized spacial score (nSPS) is 28.5. The highest BCUT2D eigenvalue weighted by molar-refractivity contribution is 5.76. The molecule has 1 aromatic heterocycles. The maximum atomic E-state index is 4.67. The first kappa shape index (κ1) is 20.9. The van der Waals surface area contributed by atoms with Gasteiger partial charge < -0.3 is 0 Å². The number of hydrogen-bond donors (Lipinski definition) is 0. The van der Waals surface area contributed by atoms with Crippen LogP contribution in [-0.2, 0) is 0 Å². The van der Waals surface area contributed by atoms with E-state index >= 15 is 0 Å². The van der Waals surface area contributed by atoms with Gasteiger partial charge in [0, 0.05) is 0 Å². The highest BCUT2D eigenvalue weighted by Crippen LogP contribution is 2.40. The number of fused-ring (bicyclic) bond motifs is 3. The van der Waals surface area contributed by atoms with E-state index in [-0.39, 0.29) is 24.2 Å². The lowest BCUT2D eigenvalue weighted by atomic mass is 9.93. The average molecular weight is 456 g/mol. The Morgan fingerprint density at radius 1 is 0.676 bits per heavy atom. The van der Waals surface area contributed by atoms with Gasteiger partial charge in [0.2, 0.25) is 6.29 Å². The standard InChI is InChI=1S/C25H29N9/c1-13-7-19-22(10-16(13)4)32(29-26-19)25(33-23-11-17(5)14(2)8-20(23)27-30-33)34-24-12-18(6)15(3)9-21(24)28-31-34/h7-12,19-20,22-23,25H,1-6H3. The van der Waals surface area contributed by atoms with Gasteiger partial charge in [-0.1, -0.05) is 62.3 Å². The van der Waals surface area contributed by atoms with Gasteiger partial charge in [-0.15, -0.1) is 5.10 Å². The third-order valence-electron chi connectivity index (χ3n) is 7.59. The topological polar surface area (TPSA) is 86.6 Å². The minimum atomic E-state index is -0.462. The minimum Gasteiger partial charge on any atom is -0.225 e. The Bertz CT molecular complexity index is 1310. The smallest absolute Gasteiger partial charge is 0.225 e. The molecule has 0 saturated heterocycles. The maximum Gasteiger partial charge on any atom is 0.236 e. The molecule has 2 aromatic rings. The fourth-order valence-corrected chi connectivity index (χ4v) is 5.08. The second kappa shape index (κ2) is 7.44. The zero-order valence-corrected chi connectivity index (χ0v) is 20.4. The summed E-state index contributed by atoms with van der Waals surface area (Å²) in [6.45, 7) is 12.7. The highest BCUT2D eigenvalue weighted by Gasteiger charge is 2.46. The van der Waals surface area contributed by atoms with Crippen LogP contribution in [0.2, 0.25) is 0 Å². The number of aryl methyl sites for hydroxylation is 2. The van der Waals surface area contributed by atoms with E-state index in [2.05, 4.69) is 109 Å². The molecule has 1 aromatic carbocycles. The van der Waals surface area contributed by atoms with Crippen LogP contribution in [0.4, 0.5) is 0 Å². The molecule has 0 bridgehead atoms. The number of hydrogen-bond acceptors (Lipinski definition) is 8. The van der Waals surface area contributed by atoms with Gasteiger partial charge in [-0.2, -0.15) is 14.9 Å². The summed E-state index contributed by atoms with van der Waals surface area (Å²) in [6, 6.07) is 4.10. The minimum absolute atomic E-state index is 0.0281. The molecule has 0 N–H and O–H groups in total. The van der Waals surface area contributed by atoms with Gasteiger partial charge in [0.25, 0.3) is 0 Å². The van der Waals surface area contributed by atoms with Crippen LogP contribution in [0.15, 0.2) is 79.4 Å². The number of aromatic nitrogens is 3. The fraction of sp³-hybridized carbons (Fsp3) is 0.440. The van der Waals surface area contributed by atoms with Crippen LogP contribution in [0.1, 0.15) is 45.1 Å². The Balaban J connectivity index is 1.49. The van der Waals surface area contributed by atoms with E-state index < -0.39 is 6.29 Å². The lowest BCUT2D eigenvalue weighted by Gasteiger charge is -2.38. The Hall–Kier alpha value is -3.62. The summed E-state index contributed by atoms with van der Waals surface area (Å²) < 4.78 is 1.92. The van der Waals surface area contributed by atoms with Crippen molar-refractivity contribution in [2.24, 2.45) is 20.7 Å². The van der Waals surface area contributed by atoms with Crippen molar-refractivity contribution in [1.29, 1.82) is 0 Å². The van der Waals surface area contributed by atoms with Crippen molar-refractivity contribution in [2.75, 3.05) is 0 Å². The number of allylic oxidation sites excluding steroid dienone is 4. The first-order valence-corrected chi connectivity index (χ1v) is 11.8. The van der Waals surface area contributed by atoms with Crippen LogP contribution in [0.3, 0.4) is 0 Å². The molecule has 4 aliphatic rings. The largest absolute Gasteiger partial charge is 0.236 e. The first-order valence-electron chi connectivity index (χ1n) is 11.8. The van der Waals surface area contributed by atoms with Crippen molar-refractivity contribution < 1.29 is 0 Å². The lowest BCUT2D eigenvalue weighted by molar-refractivity contribution is -0.0348. The molecular formula is C25H29N9. The fourth-order valence-electron chi connectivity index (χ4n) is 5.08. The van der Waals surface area contributed by atoms with E-state index in [0.717, 1.165) is 11.0 Å². The summed E-state index contributed by atoms with van der Waals surface area (Å²) in [4.78, 5) is 0. The number of nitrogens with zero attached hydrogens (tertiary/aromatic N) is 9. The zero-order chi connectivity index (χ0) is 23.7. The molecule has 3 heterocycles. The molecule has 4 atom stereocenters. The van der Waals surface area contributed by atoms with Gasteiger partial charge in [0.1, 0.15) is 17.6 Å². The molecule has 6 rings (SSSR count). The molecule has 9 heteroatoms. The molecule has 0 fully saturated rings. The van der Waals surface area contributed by atoms with Crippen LogP contribution in [-0.4, -0.2) is 49.2 Å². The predicted octanol–water partition coefficient (Wildman–Crippen LogP) is 5.16.